The molecule has 0 spiro atoms. The van der Waals surface area contributed by atoms with E-state index in [0.29, 0.717) is 16.7 Å². The number of thioether (sulfide) groups is 1. The van der Waals surface area contributed by atoms with Gasteiger partial charge in [-0.25, -0.2) is 0 Å². The highest BCUT2D eigenvalue weighted by atomic mass is 35.5. The summed E-state index contributed by atoms with van der Waals surface area (Å²) in [4.78, 5) is 12.0. The van der Waals surface area contributed by atoms with E-state index < -0.39 is 0 Å². The first kappa shape index (κ1) is 16.5. The molecule has 1 N–H and O–H groups in total. The number of benzene rings is 2. The lowest BCUT2D eigenvalue weighted by Crippen LogP contribution is -2.24. The van der Waals surface area contributed by atoms with E-state index in [1.165, 1.54) is 11.8 Å². The first-order chi connectivity index (χ1) is 11.7. The second-order valence-electron chi connectivity index (χ2n) is 4.90. The van der Waals surface area contributed by atoms with Gasteiger partial charge in [0, 0.05) is 11.6 Å². The number of carbonyl (C=O) groups is 1. The molecule has 6 nitrogen and oxygen atoms in total. The molecule has 1 aromatic heterocycles. The number of tetrazole rings is 1. The zero-order chi connectivity index (χ0) is 16.8. The Kier molecular flexibility index (Phi) is 5.45. The van der Waals surface area contributed by atoms with Crippen LogP contribution >= 0.6 is 23.4 Å². The molecule has 0 atom stereocenters. The Morgan fingerprint density at radius 1 is 1.17 bits per heavy atom. The standard InChI is InChI=1S/C16H14ClN5OS/c17-13-7-4-8-14(9-13)22-16(19-20-21-22)24-11-15(23)18-10-12-5-2-1-3-6-12/h1-9H,10-11H2,(H,18,23). The summed E-state index contributed by atoms with van der Waals surface area (Å²) in [5, 5.41) is 15.6. The number of carbonyl (C=O) groups excluding carboxylic acids is 1. The molecule has 24 heavy (non-hydrogen) atoms. The van der Waals surface area contributed by atoms with Crippen LogP contribution in [0, 0.1) is 0 Å². The summed E-state index contributed by atoms with van der Waals surface area (Å²) in [7, 11) is 0. The van der Waals surface area contributed by atoms with Crippen molar-refractivity contribution in [3.05, 3.63) is 65.2 Å². The van der Waals surface area contributed by atoms with Crippen LogP contribution in [0.4, 0.5) is 0 Å². The van der Waals surface area contributed by atoms with Crippen molar-refractivity contribution >= 4 is 29.3 Å². The third-order valence-electron chi connectivity index (χ3n) is 3.16. The Hall–Kier alpha value is -2.38. The lowest BCUT2D eigenvalue weighted by Gasteiger charge is -2.06. The Morgan fingerprint density at radius 3 is 2.79 bits per heavy atom. The summed E-state index contributed by atoms with van der Waals surface area (Å²) >= 11 is 7.26. The van der Waals surface area contributed by atoms with Gasteiger partial charge < -0.3 is 5.32 Å². The molecule has 0 aliphatic carbocycles. The molecule has 8 heteroatoms. The smallest absolute Gasteiger partial charge is 0.230 e. The van der Waals surface area contributed by atoms with Crippen molar-refractivity contribution in [3.8, 4) is 5.69 Å². The molecule has 122 valence electrons. The molecule has 2 aromatic carbocycles. The zero-order valence-electron chi connectivity index (χ0n) is 12.6. The molecular weight excluding hydrogens is 346 g/mol. The fourth-order valence-electron chi connectivity index (χ4n) is 2.02. The van der Waals surface area contributed by atoms with Crippen molar-refractivity contribution in [1.82, 2.24) is 25.5 Å². The van der Waals surface area contributed by atoms with E-state index in [-0.39, 0.29) is 11.7 Å². The fraction of sp³-hybridized carbons (Fsp3) is 0.125. The maximum Gasteiger partial charge on any atom is 0.230 e. The summed E-state index contributed by atoms with van der Waals surface area (Å²) in [6, 6.07) is 17.0. The van der Waals surface area contributed by atoms with Crippen LogP contribution in [0.15, 0.2) is 59.8 Å². The SMILES string of the molecule is O=C(CSc1nnnn1-c1cccc(Cl)c1)NCc1ccccc1. The minimum absolute atomic E-state index is 0.0792. The molecule has 0 fully saturated rings. The summed E-state index contributed by atoms with van der Waals surface area (Å²) in [6.45, 7) is 0.499. The van der Waals surface area contributed by atoms with Gasteiger partial charge in [-0.05, 0) is 34.2 Å². The maximum atomic E-state index is 12.0. The van der Waals surface area contributed by atoms with Crippen LogP contribution in [0.5, 0.6) is 0 Å². The number of rotatable bonds is 6. The van der Waals surface area contributed by atoms with Crippen LogP contribution in [-0.4, -0.2) is 31.9 Å². The van der Waals surface area contributed by atoms with Crippen molar-refractivity contribution in [2.75, 3.05) is 5.75 Å². The topological polar surface area (TPSA) is 72.7 Å². The summed E-state index contributed by atoms with van der Waals surface area (Å²) in [6.07, 6.45) is 0. The number of nitrogens with one attached hydrogen (secondary N) is 1. The van der Waals surface area contributed by atoms with Gasteiger partial charge in [-0.15, -0.1) is 5.10 Å². The molecule has 1 heterocycles. The maximum absolute atomic E-state index is 12.0. The molecule has 0 saturated heterocycles. The predicted octanol–water partition coefficient (Wildman–Crippen LogP) is 2.72. The van der Waals surface area contributed by atoms with E-state index in [1.807, 2.05) is 42.5 Å². The first-order valence-electron chi connectivity index (χ1n) is 7.20. The van der Waals surface area contributed by atoms with Crippen LogP contribution in [0.25, 0.3) is 5.69 Å². The minimum Gasteiger partial charge on any atom is -0.351 e. The van der Waals surface area contributed by atoms with Gasteiger partial charge in [-0.2, -0.15) is 4.68 Å². The molecule has 1 amide bonds. The molecule has 3 aromatic rings. The van der Waals surface area contributed by atoms with Gasteiger partial charge in [0.1, 0.15) is 0 Å². The monoisotopic (exact) mass is 359 g/mol. The number of aromatic nitrogens is 4. The van der Waals surface area contributed by atoms with Gasteiger partial charge in [0.2, 0.25) is 11.1 Å². The van der Waals surface area contributed by atoms with Gasteiger partial charge in [-0.3, -0.25) is 4.79 Å². The van der Waals surface area contributed by atoms with E-state index in [9.17, 15) is 4.79 Å². The summed E-state index contributed by atoms with van der Waals surface area (Å²) in [5.41, 5.74) is 1.80. The molecule has 0 bridgehead atoms. The molecular formula is C16H14ClN5OS. The minimum atomic E-state index is -0.0792. The van der Waals surface area contributed by atoms with Crippen molar-refractivity contribution in [3.63, 3.8) is 0 Å². The van der Waals surface area contributed by atoms with E-state index in [0.717, 1.165) is 11.3 Å². The van der Waals surface area contributed by atoms with E-state index in [2.05, 4.69) is 20.8 Å². The molecule has 0 saturated carbocycles. The molecule has 0 aliphatic rings. The quantitative estimate of drug-likeness (QED) is 0.685. The van der Waals surface area contributed by atoms with Crippen LogP contribution in [0.2, 0.25) is 5.02 Å². The van der Waals surface area contributed by atoms with Crippen molar-refractivity contribution in [2.24, 2.45) is 0 Å². The molecule has 3 rings (SSSR count). The lowest BCUT2D eigenvalue weighted by molar-refractivity contribution is -0.118. The Balaban J connectivity index is 1.57. The van der Waals surface area contributed by atoms with Gasteiger partial charge >= 0.3 is 0 Å². The lowest BCUT2D eigenvalue weighted by atomic mass is 10.2. The number of nitrogens with zero attached hydrogens (tertiary/aromatic N) is 4. The second-order valence-corrected chi connectivity index (χ2v) is 6.28. The first-order valence-corrected chi connectivity index (χ1v) is 8.56. The van der Waals surface area contributed by atoms with Crippen molar-refractivity contribution < 1.29 is 4.79 Å². The highest BCUT2D eigenvalue weighted by Gasteiger charge is 2.11. The fourth-order valence-corrected chi connectivity index (χ4v) is 2.92. The van der Waals surface area contributed by atoms with Gasteiger partial charge in [0.15, 0.2) is 0 Å². The molecule has 0 radical (unpaired) electrons. The van der Waals surface area contributed by atoms with Crippen molar-refractivity contribution in [2.45, 2.75) is 11.7 Å². The van der Waals surface area contributed by atoms with Crippen LogP contribution in [0.1, 0.15) is 5.56 Å². The second kappa shape index (κ2) is 7.94. The largest absolute Gasteiger partial charge is 0.351 e. The Labute approximate surface area is 148 Å². The third kappa shape index (κ3) is 4.33. The van der Waals surface area contributed by atoms with Crippen LogP contribution in [0.3, 0.4) is 0 Å². The number of hydrogen-bond acceptors (Lipinski definition) is 5. The highest BCUT2D eigenvalue weighted by molar-refractivity contribution is 7.99. The van der Waals surface area contributed by atoms with E-state index in [1.54, 1.807) is 16.8 Å². The highest BCUT2D eigenvalue weighted by Crippen LogP contribution is 2.20. The summed E-state index contributed by atoms with van der Waals surface area (Å²) < 4.78 is 1.56. The third-order valence-corrected chi connectivity index (χ3v) is 4.31. The van der Waals surface area contributed by atoms with Gasteiger partial charge in [0.05, 0.1) is 11.4 Å². The number of hydrogen-bond donors (Lipinski definition) is 1. The molecule has 0 unspecified atom stereocenters. The average molecular weight is 360 g/mol. The van der Waals surface area contributed by atoms with E-state index >= 15 is 0 Å². The summed E-state index contributed by atoms with van der Waals surface area (Å²) in [5.74, 6) is 0.151. The van der Waals surface area contributed by atoms with Gasteiger partial charge in [-0.1, -0.05) is 59.8 Å². The average Bonchev–Trinajstić information content (AvgIpc) is 3.08. The Morgan fingerprint density at radius 2 is 2.00 bits per heavy atom. The number of halogens is 1. The van der Waals surface area contributed by atoms with Crippen LogP contribution in [-0.2, 0) is 11.3 Å². The normalized spacial score (nSPS) is 10.5. The van der Waals surface area contributed by atoms with Gasteiger partial charge in [0.25, 0.3) is 0 Å². The van der Waals surface area contributed by atoms with Crippen molar-refractivity contribution in [1.29, 1.82) is 0 Å². The Bertz CT molecular complexity index is 824. The predicted molar refractivity (Wildman–Crippen MR) is 93.2 cm³/mol. The zero-order valence-corrected chi connectivity index (χ0v) is 14.2. The van der Waals surface area contributed by atoms with Crippen LogP contribution < -0.4 is 5.32 Å². The van der Waals surface area contributed by atoms with E-state index in [4.69, 9.17) is 11.6 Å². The number of amides is 1. The molecule has 0 aliphatic heterocycles.